The molecule has 1 atom stereocenters. The van der Waals surface area contributed by atoms with Gasteiger partial charge in [-0.25, -0.2) is 4.79 Å². The SMILES string of the molecule is CCOC(=O)c1ccc(N2C(=O)c3n[nH]c(C)c3C2c2ccc(Br)cc2)cc1. The minimum atomic E-state index is -0.379. The zero-order chi connectivity index (χ0) is 19.8. The van der Waals surface area contributed by atoms with Crippen molar-refractivity contribution in [2.75, 3.05) is 11.5 Å². The van der Waals surface area contributed by atoms with Gasteiger partial charge in [-0.1, -0.05) is 28.1 Å². The third-order valence-electron chi connectivity index (χ3n) is 4.79. The summed E-state index contributed by atoms with van der Waals surface area (Å²) < 4.78 is 6.00. The molecule has 2 heterocycles. The molecule has 0 radical (unpaired) electrons. The van der Waals surface area contributed by atoms with Crippen molar-refractivity contribution in [3.05, 3.63) is 81.1 Å². The van der Waals surface area contributed by atoms with E-state index in [0.29, 0.717) is 23.6 Å². The molecule has 2 aromatic carbocycles. The molecule has 6 nitrogen and oxygen atoms in total. The van der Waals surface area contributed by atoms with Crippen LogP contribution in [0.15, 0.2) is 53.0 Å². The maximum Gasteiger partial charge on any atom is 0.338 e. The number of halogens is 1. The quantitative estimate of drug-likeness (QED) is 0.610. The van der Waals surface area contributed by atoms with E-state index >= 15 is 0 Å². The van der Waals surface area contributed by atoms with Crippen molar-refractivity contribution in [1.82, 2.24) is 10.2 Å². The number of aryl methyl sites for hydroxylation is 1. The van der Waals surface area contributed by atoms with Gasteiger partial charge in [0.05, 0.1) is 18.2 Å². The van der Waals surface area contributed by atoms with Crippen molar-refractivity contribution in [2.45, 2.75) is 19.9 Å². The van der Waals surface area contributed by atoms with Crippen molar-refractivity contribution < 1.29 is 14.3 Å². The predicted octanol–water partition coefficient (Wildman–Crippen LogP) is 4.41. The average Bonchev–Trinajstić information content (AvgIpc) is 3.21. The Bertz CT molecular complexity index is 1040. The van der Waals surface area contributed by atoms with Gasteiger partial charge in [0.1, 0.15) is 0 Å². The number of rotatable bonds is 4. The van der Waals surface area contributed by atoms with Gasteiger partial charge >= 0.3 is 5.97 Å². The summed E-state index contributed by atoms with van der Waals surface area (Å²) in [6.07, 6.45) is 0. The van der Waals surface area contributed by atoms with E-state index in [4.69, 9.17) is 4.74 Å². The highest BCUT2D eigenvalue weighted by molar-refractivity contribution is 9.10. The van der Waals surface area contributed by atoms with Gasteiger partial charge in [-0.05, 0) is 55.8 Å². The van der Waals surface area contributed by atoms with Crippen LogP contribution in [0.3, 0.4) is 0 Å². The molecular weight excluding hydrogens is 422 g/mol. The maximum absolute atomic E-state index is 13.1. The number of hydrogen-bond acceptors (Lipinski definition) is 4. The van der Waals surface area contributed by atoms with Gasteiger partial charge < -0.3 is 4.74 Å². The highest BCUT2D eigenvalue weighted by Crippen LogP contribution is 2.42. The fourth-order valence-electron chi connectivity index (χ4n) is 3.50. The molecule has 3 aromatic rings. The molecule has 1 aliphatic heterocycles. The molecule has 0 spiro atoms. The summed E-state index contributed by atoms with van der Waals surface area (Å²) in [5.74, 6) is -0.550. The number of H-pyrrole nitrogens is 1. The molecule has 1 aliphatic rings. The minimum Gasteiger partial charge on any atom is -0.462 e. The fraction of sp³-hybridized carbons (Fsp3) is 0.190. The summed E-state index contributed by atoms with van der Waals surface area (Å²) in [5.41, 5.74) is 4.30. The molecule has 1 N–H and O–H groups in total. The number of aromatic nitrogens is 2. The Morgan fingerprint density at radius 3 is 2.50 bits per heavy atom. The zero-order valence-corrected chi connectivity index (χ0v) is 17.0. The summed E-state index contributed by atoms with van der Waals surface area (Å²) in [6, 6.07) is 14.5. The molecule has 0 saturated heterocycles. The van der Waals surface area contributed by atoms with Gasteiger partial charge in [-0.3, -0.25) is 14.8 Å². The number of fused-ring (bicyclic) bond motifs is 1. The number of aromatic amines is 1. The molecular formula is C21H18BrN3O3. The standard InChI is InChI=1S/C21H18BrN3O3/c1-3-28-21(27)14-6-10-16(11-7-14)25-19(13-4-8-15(22)9-5-13)17-12(2)23-24-18(17)20(25)26/h4-11,19H,3H2,1-2H3,(H,23,24). The fourth-order valence-corrected chi connectivity index (χ4v) is 3.76. The van der Waals surface area contributed by atoms with Crippen LogP contribution in [0.5, 0.6) is 0 Å². The topological polar surface area (TPSA) is 75.3 Å². The van der Waals surface area contributed by atoms with Crippen LogP contribution < -0.4 is 4.90 Å². The van der Waals surface area contributed by atoms with Gasteiger partial charge in [0.25, 0.3) is 5.91 Å². The summed E-state index contributed by atoms with van der Waals surface area (Å²) in [5, 5.41) is 7.14. The molecule has 0 bridgehead atoms. The second-order valence-electron chi connectivity index (χ2n) is 6.51. The number of carbonyl (C=O) groups is 2. The molecule has 0 fully saturated rings. The molecule has 1 aromatic heterocycles. The van der Waals surface area contributed by atoms with Crippen molar-refractivity contribution >= 4 is 33.5 Å². The van der Waals surface area contributed by atoms with Crippen LogP contribution in [0.25, 0.3) is 0 Å². The first-order chi connectivity index (χ1) is 13.5. The molecule has 4 rings (SSSR count). The Kier molecular flexibility index (Phi) is 4.77. The molecule has 142 valence electrons. The maximum atomic E-state index is 13.1. The summed E-state index contributed by atoms with van der Waals surface area (Å²) in [6.45, 7) is 4.00. The lowest BCUT2D eigenvalue weighted by atomic mass is 9.99. The average molecular weight is 440 g/mol. The van der Waals surface area contributed by atoms with Crippen LogP contribution in [0.2, 0.25) is 0 Å². The number of anilines is 1. The van der Waals surface area contributed by atoms with E-state index in [-0.39, 0.29) is 17.9 Å². The Labute approximate surface area is 170 Å². The lowest BCUT2D eigenvalue weighted by Crippen LogP contribution is -2.29. The first-order valence-electron chi connectivity index (χ1n) is 8.92. The first kappa shape index (κ1) is 18.4. The lowest BCUT2D eigenvalue weighted by molar-refractivity contribution is 0.0526. The summed E-state index contributed by atoms with van der Waals surface area (Å²) in [4.78, 5) is 26.8. The van der Waals surface area contributed by atoms with E-state index < -0.39 is 0 Å². The lowest BCUT2D eigenvalue weighted by Gasteiger charge is -2.26. The van der Waals surface area contributed by atoms with Crippen molar-refractivity contribution in [1.29, 1.82) is 0 Å². The highest BCUT2D eigenvalue weighted by atomic mass is 79.9. The van der Waals surface area contributed by atoms with Crippen molar-refractivity contribution in [2.24, 2.45) is 0 Å². The van der Waals surface area contributed by atoms with E-state index in [9.17, 15) is 9.59 Å². The molecule has 7 heteroatoms. The Morgan fingerprint density at radius 1 is 1.18 bits per heavy atom. The van der Waals surface area contributed by atoms with Crippen LogP contribution in [0, 0.1) is 6.92 Å². The van der Waals surface area contributed by atoms with Gasteiger partial charge in [-0.15, -0.1) is 0 Å². The predicted molar refractivity (Wildman–Crippen MR) is 109 cm³/mol. The highest BCUT2D eigenvalue weighted by Gasteiger charge is 2.42. The van der Waals surface area contributed by atoms with E-state index in [1.165, 1.54) is 0 Å². The van der Waals surface area contributed by atoms with E-state index in [2.05, 4.69) is 26.1 Å². The van der Waals surface area contributed by atoms with Crippen LogP contribution in [0.1, 0.15) is 50.6 Å². The molecule has 0 aliphatic carbocycles. The van der Waals surface area contributed by atoms with Gasteiger partial charge in [0.15, 0.2) is 5.69 Å². The number of benzene rings is 2. The minimum absolute atomic E-state index is 0.170. The van der Waals surface area contributed by atoms with Crippen LogP contribution in [-0.2, 0) is 4.74 Å². The number of ether oxygens (including phenoxy) is 1. The molecule has 1 amide bonds. The number of amides is 1. The number of nitrogens with zero attached hydrogens (tertiary/aromatic N) is 2. The normalized spacial score (nSPS) is 15.6. The Morgan fingerprint density at radius 2 is 1.86 bits per heavy atom. The third kappa shape index (κ3) is 3.01. The molecule has 28 heavy (non-hydrogen) atoms. The van der Waals surface area contributed by atoms with Gasteiger partial charge in [0.2, 0.25) is 0 Å². The van der Waals surface area contributed by atoms with Crippen molar-refractivity contribution in [3.8, 4) is 0 Å². The number of esters is 1. The van der Waals surface area contributed by atoms with Crippen LogP contribution >= 0.6 is 15.9 Å². The second kappa shape index (κ2) is 7.24. The molecule has 1 unspecified atom stereocenters. The second-order valence-corrected chi connectivity index (χ2v) is 7.42. The van der Waals surface area contributed by atoms with E-state index in [1.54, 1.807) is 36.1 Å². The zero-order valence-electron chi connectivity index (χ0n) is 15.4. The van der Waals surface area contributed by atoms with Crippen molar-refractivity contribution in [3.63, 3.8) is 0 Å². The smallest absolute Gasteiger partial charge is 0.338 e. The number of hydrogen-bond donors (Lipinski definition) is 1. The first-order valence-corrected chi connectivity index (χ1v) is 9.71. The van der Waals surface area contributed by atoms with E-state index in [1.807, 2.05) is 31.2 Å². The number of carbonyl (C=O) groups excluding carboxylic acids is 2. The summed E-state index contributed by atoms with van der Waals surface area (Å²) in [7, 11) is 0. The monoisotopic (exact) mass is 439 g/mol. The van der Waals surface area contributed by atoms with E-state index in [0.717, 1.165) is 21.3 Å². The van der Waals surface area contributed by atoms with Crippen LogP contribution in [-0.4, -0.2) is 28.7 Å². The number of nitrogens with one attached hydrogen (secondary N) is 1. The Hall–Kier alpha value is -2.93. The largest absolute Gasteiger partial charge is 0.462 e. The Balaban J connectivity index is 1.77. The third-order valence-corrected chi connectivity index (χ3v) is 5.32. The van der Waals surface area contributed by atoms with Crippen LogP contribution in [0.4, 0.5) is 5.69 Å². The van der Waals surface area contributed by atoms with Gasteiger partial charge in [0, 0.05) is 21.4 Å². The van der Waals surface area contributed by atoms with Gasteiger partial charge in [-0.2, -0.15) is 5.10 Å². The summed E-state index contributed by atoms with van der Waals surface area (Å²) >= 11 is 3.46. The molecule has 0 saturated carbocycles.